The van der Waals surface area contributed by atoms with Crippen LogP contribution < -0.4 is 0 Å². The summed E-state index contributed by atoms with van der Waals surface area (Å²) in [6.45, 7) is 2.81. The number of ether oxygens (including phenoxy) is 1. The predicted molar refractivity (Wildman–Crippen MR) is 61.7 cm³/mol. The molecule has 0 aromatic heterocycles. The van der Waals surface area contributed by atoms with Crippen molar-refractivity contribution in [1.82, 2.24) is 0 Å². The predicted octanol–water partition coefficient (Wildman–Crippen LogP) is 2.89. The molecule has 0 aliphatic heterocycles. The lowest BCUT2D eigenvalue weighted by molar-refractivity contribution is -0.120. The molecule has 0 saturated heterocycles. The van der Waals surface area contributed by atoms with Crippen molar-refractivity contribution in [2.45, 2.75) is 32.6 Å². The maximum Gasteiger partial charge on any atom is 0.143 e. The van der Waals surface area contributed by atoms with Crippen molar-refractivity contribution in [2.24, 2.45) is 5.92 Å². The molecule has 0 radical (unpaired) electrons. The van der Waals surface area contributed by atoms with Gasteiger partial charge in [-0.05, 0) is 12.8 Å². The van der Waals surface area contributed by atoms with E-state index in [1.165, 1.54) is 5.57 Å². The normalized spacial score (nSPS) is 19.3. The van der Waals surface area contributed by atoms with Gasteiger partial charge in [0.2, 0.25) is 0 Å². The van der Waals surface area contributed by atoms with E-state index < -0.39 is 0 Å². The maximum atomic E-state index is 11.8. The number of hydrogen-bond acceptors (Lipinski definition) is 2. The SMILES string of the molecule is CCCCC(=O)C1C=CC=C1CCOC. The minimum absolute atomic E-state index is 0.0340. The van der Waals surface area contributed by atoms with Crippen LogP contribution in [0.5, 0.6) is 0 Å². The molecule has 1 unspecified atom stereocenters. The zero-order valence-electron chi connectivity index (χ0n) is 9.66. The standard InChI is InChI=1S/C13H20O2/c1-3-4-8-13(14)12-7-5-6-11(12)9-10-15-2/h5-7,12H,3-4,8-10H2,1-2H3. The lowest BCUT2D eigenvalue weighted by Gasteiger charge is -2.12. The number of hydrogen-bond donors (Lipinski definition) is 0. The first-order valence-corrected chi connectivity index (χ1v) is 5.68. The Bertz CT molecular complexity index is 264. The van der Waals surface area contributed by atoms with E-state index in [0.29, 0.717) is 18.8 Å². The highest BCUT2D eigenvalue weighted by molar-refractivity contribution is 5.86. The van der Waals surface area contributed by atoms with E-state index in [0.717, 1.165) is 19.3 Å². The molecule has 0 heterocycles. The minimum atomic E-state index is 0.0340. The van der Waals surface area contributed by atoms with Crippen molar-refractivity contribution >= 4 is 5.78 Å². The second-order valence-corrected chi connectivity index (χ2v) is 3.92. The van der Waals surface area contributed by atoms with Crippen molar-refractivity contribution in [3.05, 3.63) is 23.8 Å². The van der Waals surface area contributed by atoms with Gasteiger partial charge in [-0.15, -0.1) is 0 Å². The van der Waals surface area contributed by atoms with Crippen LogP contribution in [-0.4, -0.2) is 19.5 Å². The third-order valence-electron chi connectivity index (χ3n) is 2.73. The van der Waals surface area contributed by atoms with Gasteiger partial charge >= 0.3 is 0 Å². The van der Waals surface area contributed by atoms with Gasteiger partial charge in [-0.1, -0.05) is 37.1 Å². The van der Waals surface area contributed by atoms with Gasteiger partial charge in [0.25, 0.3) is 0 Å². The van der Waals surface area contributed by atoms with Crippen LogP contribution in [0.3, 0.4) is 0 Å². The van der Waals surface area contributed by atoms with Gasteiger partial charge in [0.05, 0.1) is 5.92 Å². The largest absolute Gasteiger partial charge is 0.384 e. The van der Waals surface area contributed by atoms with Crippen molar-refractivity contribution in [2.75, 3.05) is 13.7 Å². The van der Waals surface area contributed by atoms with Gasteiger partial charge in [-0.25, -0.2) is 0 Å². The maximum absolute atomic E-state index is 11.8. The first-order chi connectivity index (χ1) is 7.29. The molecular formula is C13H20O2. The molecule has 0 spiro atoms. The topological polar surface area (TPSA) is 26.3 Å². The van der Waals surface area contributed by atoms with Crippen LogP contribution in [0.15, 0.2) is 23.8 Å². The van der Waals surface area contributed by atoms with E-state index in [-0.39, 0.29) is 5.92 Å². The number of allylic oxidation sites excluding steroid dienone is 3. The Morgan fingerprint density at radius 1 is 1.53 bits per heavy atom. The zero-order chi connectivity index (χ0) is 11.1. The van der Waals surface area contributed by atoms with Crippen LogP contribution in [0.4, 0.5) is 0 Å². The molecular weight excluding hydrogens is 188 g/mol. The van der Waals surface area contributed by atoms with Gasteiger partial charge in [0, 0.05) is 20.1 Å². The van der Waals surface area contributed by atoms with Crippen LogP contribution in [0.1, 0.15) is 32.6 Å². The average molecular weight is 208 g/mol. The monoisotopic (exact) mass is 208 g/mol. The Morgan fingerprint density at radius 2 is 2.33 bits per heavy atom. The van der Waals surface area contributed by atoms with Gasteiger partial charge in [0.15, 0.2) is 0 Å². The van der Waals surface area contributed by atoms with Crippen molar-refractivity contribution in [3.63, 3.8) is 0 Å². The molecule has 1 atom stereocenters. The molecule has 1 aliphatic carbocycles. The number of Topliss-reactive ketones (excluding diaryl/α,β-unsaturated/α-hetero) is 1. The number of methoxy groups -OCH3 is 1. The van der Waals surface area contributed by atoms with Crippen LogP contribution in [0.2, 0.25) is 0 Å². The van der Waals surface area contributed by atoms with Crippen molar-refractivity contribution < 1.29 is 9.53 Å². The van der Waals surface area contributed by atoms with E-state index in [1.807, 2.05) is 18.2 Å². The van der Waals surface area contributed by atoms with E-state index in [9.17, 15) is 4.79 Å². The zero-order valence-corrected chi connectivity index (χ0v) is 9.66. The van der Waals surface area contributed by atoms with Crippen LogP contribution >= 0.6 is 0 Å². The van der Waals surface area contributed by atoms with Crippen LogP contribution in [0.25, 0.3) is 0 Å². The van der Waals surface area contributed by atoms with Crippen molar-refractivity contribution in [3.8, 4) is 0 Å². The number of carbonyl (C=O) groups is 1. The van der Waals surface area contributed by atoms with E-state index in [2.05, 4.69) is 6.92 Å². The van der Waals surface area contributed by atoms with Crippen LogP contribution in [-0.2, 0) is 9.53 Å². The number of unbranched alkanes of at least 4 members (excludes halogenated alkanes) is 1. The van der Waals surface area contributed by atoms with Crippen LogP contribution in [0, 0.1) is 5.92 Å². The van der Waals surface area contributed by atoms with Gasteiger partial charge in [-0.3, -0.25) is 4.79 Å². The first-order valence-electron chi connectivity index (χ1n) is 5.68. The van der Waals surface area contributed by atoms with Gasteiger partial charge < -0.3 is 4.74 Å². The first kappa shape index (κ1) is 12.2. The fraction of sp³-hybridized carbons (Fsp3) is 0.615. The fourth-order valence-electron chi connectivity index (χ4n) is 1.80. The molecule has 2 heteroatoms. The lowest BCUT2D eigenvalue weighted by Crippen LogP contribution is -2.13. The molecule has 15 heavy (non-hydrogen) atoms. The smallest absolute Gasteiger partial charge is 0.143 e. The number of carbonyl (C=O) groups excluding carboxylic acids is 1. The molecule has 0 fully saturated rings. The average Bonchev–Trinajstić information content (AvgIpc) is 2.71. The molecule has 0 amide bonds. The molecule has 0 aromatic rings. The molecule has 0 aromatic carbocycles. The summed E-state index contributed by atoms with van der Waals surface area (Å²) in [6.07, 6.45) is 9.69. The molecule has 2 nitrogen and oxygen atoms in total. The second kappa shape index (κ2) is 6.57. The lowest BCUT2D eigenvalue weighted by atomic mass is 9.93. The van der Waals surface area contributed by atoms with E-state index in [4.69, 9.17) is 4.74 Å². The molecule has 1 aliphatic rings. The number of ketones is 1. The molecule has 84 valence electrons. The summed E-state index contributed by atoms with van der Waals surface area (Å²) in [6, 6.07) is 0. The Balaban J connectivity index is 2.43. The Labute approximate surface area is 92.0 Å². The summed E-state index contributed by atoms with van der Waals surface area (Å²) in [5.41, 5.74) is 1.21. The summed E-state index contributed by atoms with van der Waals surface area (Å²) >= 11 is 0. The quantitative estimate of drug-likeness (QED) is 0.643. The Hall–Kier alpha value is -0.890. The Kier molecular flexibility index (Phi) is 5.33. The second-order valence-electron chi connectivity index (χ2n) is 3.92. The summed E-state index contributed by atoms with van der Waals surface area (Å²) in [5.74, 6) is 0.389. The molecule has 0 N–H and O–H groups in total. The highest BCUT2D eigenvalue weighted by Crippen LogP contribution is 2.25. The van der Waals surface area contributed by atoms with Gasteiger partial charge in [0.1, 0.15) is 5.78 Å². The van der Waals surface area contributed by atoms with E-state index >= 15 is 0 Å². The molecule has 0 saturated carbocycles. The summed E-state index contributed by atoms with van der Waals surface area (Å²) in [5, 5.41) is 0. The van der Waals surface area contributed by atoms with Crippen molar-refractivity contribution in [1.29, 1.82) is 0 Å². The van der Waals surface area contributed by atoms with E-state index in [1.54, 1.807) is 7.11 Å². The minimum Gasteiger partial charge on any atom is -0.384 e. The third kappa shape index (κ3) is 3.63. The van der Waals surface area contributed by atoms with Gasteiger partial charge in [-0.2, -0.15) is 0 Å². The highest BCUT2D eigenvalue weighted by Gasteiger charge is 2.21. The Morgan fingerprint density at radius 3 is 3.00 bits per heavy atom. The molecule has 0 bridgehead atoms. The fourth-order valence-corrected chi connectivity index (χ4v) is 1.80. The summed E-state index contributed by atoms with van der Waals surface area (Å²) in [4.78, 5) is 11.8. The number of rotatable bonds is 7. The highest BCUT2D eigenvalue weighted by atomic mass is 16.5. The third-order valence-corrected chi connectivity index (χ3v) is 2.73. The molecule has 1 rings (SSSR count). The summed E-state index contributed by atoms with van der Waals surface area (Å²) in [7, 11) is 1.69. The summed E-state index contributed by atoms with van der Waals surface area (Å²) < 4.78 is 5.03.